The van der Waals surface area contributed by atoms with Crippen molar-refractivity contribution < 1.29 is 62.8 Å². The van der Waals surface area contributed by atoms with Gasteiger partial charge in [0.25, 0.3) is 0 Å². The first-order chi connectivity index (χ1) is 28.4. The fourth-order valence-electron chi connectivity index (χ4n) is 9.76. The lowest BCUT2D eigenvalue weighted by Gasteiger charge is -2.50. The summed E-state index contributed by atoms with van der Waals surface area (Å²) < 4.78 is 51.9. The molecule has 0 radical (unpaired) electrons. The van der Waals surface area contributed by atoms with Gasteiger partial charge in [0.2, 0.25) is 5.91 Å². The molecule has 18 atom stereocenters. The van der Waals surface area contributed by atoms with E-state index in [1.165, 1.54) is 14.0 Å². The van der Waals surface area contributed by atoms with Gasteiger partial charge in [0.1, 0.15) is 30.0 Å². The Morgan fingerprint density at radius 1 is 0.869 bits per heavy atom. The summed E-state index contributed by atoms with van der Waals surface area (Å²) in [6.07, 6.45) is -6.84. The number of nitrogens with zero attached hydrogens (tertiary/aromatic N) is 2. The zero-order valence-corrected chi connectivity index (χ0v) is 40.3. The quantitative estimate of drug-likeness (QED) is 0.138. The standard InChI is InChI=1S/C45H85N3O13/c1-17-33-45(12,53)37(50)30(8)46-40(51)26(4)24-43(10,54-15)38(61-42-35(49)32(47(13)14)23-27(5)57-42)28(6)36(29(7)41(52)59-33)60-34-25-44(11,55-16)39(31(9)58-34)56-22-20-21-48(18-2)19-3/h26-39,42,49-50,53H,17-25H2,1-16H3,(H,46,51)/t26-,27-,28+,29-,30-,31+,32+,33-,34+,35-,36+,37-,38-,39+,42+,43-,44-,45-/m1/s1. The molecule has 3 aliphatic rings. The maximum atomic E-state index is 14.5. The summed E-state index contributed by atoms with van der Waals surface area (Å²) in [7, 11) is 6.97. The minimum absolute atomic E-state index is 0.119. The summed E-state index contributed by atoms with van der Waals surface area (Å²) in [6.45, 7) is 25.4. The number of esters is 1. The van der Waals surface area contributed by atoms with Crippen LogP contribution in [0.15, 0.2) is 0 Å². The zero-order chi connectivity index (χ0) is 46.2. The molecule has 3 heterocycles. The first-order valence-electron chi connectivity index (χ1n) is 22.8. The van der Waals surface area contributed by atoms with E-state index < -0.39 is 102 Å². The molecule has 0 spiro atoms. The largest absolute Gasteiger partial charge is 0.459 e. The summed E-state index contributed by atoms with van der Waals surface area (Å²) in [5.41, 5.74) is -4.02. The lowest BCUT2D eigenvalue weighted by Crippen LogP contribution is -2.61. The Kier molecular flexibility index (Phi) is 20.3. The number of methoxy groups -OCH3 is 2. The highest BCUT2D eigenvalue weighted by Gasteiger charge is 2.54. The summed E-state index contributed by atoms with van der Waals surface area (Å²) in [5.74, 6) is -3.48. The average Bonchev–Trinajstić information content (AvgIpc) is 3.21. The third kappa shape index (κ3) is 13.1. The van der Waals surface area contributed by atoms with Crippen LogP contribution in [0.25, 0.3) is 0 Å². The van der Waals surface area contributed by atoms with Crippen LogP contribution in [0.4, 0.5) is 0 Å². The van der Waals surface area contributed by atoms with Crippen LogP contribution >= 0.6 is 0 Å². The van der Waals surface area contributed by atoms with Crippen LogP contribution in [-0.2, 0) is 47.5 Å². The van der Waals surface area contributed by atoms with E-state index in [1.54, 1.807) is 34.8 Å². The van der Waals surface area contributed by atoms with Crippen LogP contribution < -0.4 is 5.32 Å². The number of amides is 1. The van der Waals surface area contributed by atoms with E-state index >= 15 is 0 Å². The van der Waals surface area contributed by atoms with Crippen LogP contribution in [0, 0.1) is 17.8 Å². The molecular weight excluding hydrogens is 791 g/mol. The Balaban J connectivity index is 2.15. The number of aliphatic hydroxyl groups is 3. The highest BCUT2D eigenvalue weighted by Crippen LogP contribution is 2.41. The SMILES string of the molecule is CC[C@H]1OC(=O)[C@H](C)[C@@H](O[C@H]2C[C@@](C)(OC)[C@@H](OCCCN(CC)CC)[C@H](C)O2)[C@H](C)[C@@H](O[C@@H]2O[C@H](C)C[C@H](N(C)C)[C@H]2O)[C@](C)(OC)C[C@@H](C)C(=O)N[C@H](C)[C@@H](O)[C@]1(C)O. The fourth-order valence-corrected chi connectivity index (χ4v) is 9.76. The predicted octanol–water partition coefficient (Wildman–Crippen LogP) is 3.50. The number of hydrogen-bond donors (Lipinski definition) is 4. The van der Waals surface area contributed by atoms with Crippen LogP contribution in [0.1, 0.15) is 115 Å². The van der Waals surface area contributed by atoms with Gasteiger partial charge in [0, 0.05) is 51.7 Å². The summed E-state index contributed by atoms with van der Waals surface area (Å²) in [4.78, 5) is 32.6. The second-order valence-corrected chi connectivity index (χ2v) is 19.0. The molecule has 358 valence electrons. The molecule has 0 saturated carbocycles. The molecule has 16 nitrogen and oxygen atoms in total. The molecule has 3 fully saturated rings. The van der Waals surface area contributed by atoms with Gasteiger partial charge in [-0.25, -0.2) is 0 Å². The minimum Gasteiger partial charge on any atom is -0.459 e. The Morgan fingerprint density at radius 3 is 2.03 bits per heavy atom. The number of hydrogen-bond acceptors (Lipinski definition) is 15. The van der Waals surface area contributed by atoms with Crippen molar-refractivity contribution in [2.45, 2.75) is 205 Å². The van der Waals surface area contributed by atoms with E-state index in [2.05, 4.69) is 24.1 Å². The van der Waals surface area contributed by atoms with E-state index in [1.807, 2.05) is 53.6 Å². The summed E-state index contributed by atoms with van der Waals surface area (Å²) >= 11 is 0. The molecule has 3 rings (SSSR count). The number of carbonyl (C=O) groups is 2. The number of likely N-dealkylation sites (N-methyl/N-ethyl adjacent to an activating group) is 1. The molecule has 4 N–H and O–H groups in total. The highest BCUT2D eigenvalue weighted by atomic mass is 16.7. The normalized spacial score (nSPS) is 43.7. The minimum atomic E-state index is -1.94. The molecule has 0 bridgehead atoms. The molecule has 1 amide bonds. The number of ether oxygens (including phenoxy) is 8. The fraction of sp³-hybridized carbons (Fsp3) is 0.956. The van der Waals surface area contributed by atoms with E-state index in [9.17, 15) is 24.9 Å². The molecule has 0 aromatic heterocycles. The number of nitrogens with one attached hydrogen (secondary N) is 1. The monoisotopic (exact) mass is 876 g/mol. The van der Waals surface area contributed by atoms with Crippen LogP contribution in [0.2, 0.25) is 0 Å². The van der Waals surface area contributed by atoms with E-state index in [4.69, 9.17) is 37.9 Å². The maximum absolute atomic E-state index is 14.5. The van der Waals surface area contributed by atoms with Crippen molar-refractivity contribution in [1.82, 2.24) is 15.1 Å². The average molecular weight is 876 g/mol. The Hall–Kier alpha value is -1.54. The van der Waals surface area contributed by atoms with Crippen molar-refractivity contribution in [3.8, 4) is 0 Å². The smallest absolute Gasteiger partial charge is 0.311 e. The van der Waals surface area contributed by atoms with Crippen molar-refractivity contribution in [3.63, 3.8) is 0 Å². The van der Waals surface area contributed by atoms with Crippen molar-refractivity contribution >= 4 is 11.9 Å². The number of aliphatic hydroxyl groups excluding tert-OH is 2. The van der Waals surface area contributed by atoms with Gasteiger partial charge in [-0.1, -0.05) is 34.6 Å². The molecular formula is C45H85N3O13. The molecule has 0 aromatic carbocycles. The van der Waals surface area contributed by atoms with Crippen LogP contribution in [0.3, 0.4) is 0 Å². The molecule has 16 heteroatoms. The first kappa shape index (κ1) is 53.8. The topological polar surface area (TPSA) is 187 Å². The van der Waals surface area contributed by atoms with Gasteiger partial charge in [-0.3, -0.25) is 9.59 Å². The summed E-state index contributed by atoms with van der Waals surface area (Å²) in [6, 6.07) is -1.20. The van der Waals surface area contributed by atoms with Gasteiger partial charge >= 0.3 is 5.97 Å². The number of rotatable bonds is 15. The van der Waals surface area contributed by atoms with E-state index in [0.717, 1.165) is 26.1 Å². The zero-order valence-electron chi connectivity index (χ0n) is 40.3. The van der Waals surface area contributed by atoms with Crippen molar-refractivity contribution in [1.29, 1.82) is 0 Å². The number of cyclic esters (lactones) is 1. The Bertz CT molecular complexity index is 1360. The van der Waals surface area contributed by atoms with Crippen LogP contribution in [0.5, 0.6) is 0 Å². The summed E-state index contributed by atoms with van der Waals surface area (Å²) in [5, 5.41) is 37.8. The van der Waals surface area contributed by atoms with Gasteiger partial charge in [0.15, 0.2) is 12.6 Å². The molecule has 3 saturated heterocycles. The van der Waals surface area contributed by atoms with Gasteiger partial charge in [0.05, 0.1) is 47.6 Å². The Labute approximate surface area is 366 Å². The Morgan fingerprint density at radius 2 is 1.48 bits per heavy atom. The van der Waals surface area contributed by atoms with Crippen LogP contribution in [-0.4, -0.2) is 182 Å². The predicted molar refractivity (Wildman–Crippen MR) is 231 cm³/mol. The molecule has 61 heavy (non-hydrogen) atoms. The van der Waals surface area contributed by atoms with Crippen molar-refractivity contribution in [2.75, 3.05) is 54.6 Å². The second-order valence-electron chi connectivity index (χ2n) is 19.0. The van der Waals surface area contributed by atoms with Gasteiger partial charge in [-0.05, 0) is 101 Å². The molecule has 0 aromatic rings. The lowest BCUT2D eigenvalue weighted by atomic mass is 9.77. The third-order valence-electron chi connectivity index (χ3n) is 13.9. The number of carbonyl (C=O) groups excluding carboxylic acids is 2. The van der Waals surface area contributed by atoms with Gasteiger partial charge < -0.3 is 68.3 Å². The van der Waals surface area contributed by atoms with E-state index in [0.29, 0.717) is 13.0 Å². The molecule has 0 unspecified atom stereocenters. The lowest BCUT2D eigenvalue weighted by molar-refractivity contribution is -0.322. The van der Waals surface area contributed by atoms with E-state index in [-0.39, 0.29) is 37.3 Å². The van der Waals surface area contributed by atoms with Crippen molar-refractivity contribution in [2.24, 2.45) is 17.8 Å². The highest BCUT2D eigenvalue weighted by molar-refractivity contribution is 5.78. The van der Waals surface area contributed by atoms with Gasteiger partial charge in [-0.15, -0.1) is 0 Å². The first-order valence-corrected chi connectivity index (χ1v) is 22.8. The van der Waals surface area contributed by atoms with Crippen molar-refractivity contribution in [3.05, 3.63) is 0 Å². The second kappa shape index (κ2) is 23.1. The maximum Gasteiger partial charge on any atom is 0.311 e. The molecule has 0 aliphatic carbocycles. The third-order valence-corrected chi connectivity index (χ3v) is 13.9. The molecule has 3 aliphatic heterocycles. The van der Waals surface area contributed by atoms with Gasteiger partial charge in [-0.2, -0.15) is 0 Å².